The first-order chi connectivity index (χ1) is 11.3. The second kappa shape index (κ2) is 6.20. The summed E-state index contributed by atoms with van der Waals surface area (Å²) in [5.41, 5.74) is 2.13. The number of nitrogens with zero attached hydrogens (tertiary/aromatic N) is 2. The number of carbonyl (C=O) groups is 1. The van der Waals surface area contributed by atoms with Gasteiger partial charge in [0.25, 0.3) is 11.9 Å². The number of aromatic nitrogens is 1. The first-order valence-electron chi connectivity index (χ1n) is 8.47. The Morgan fingerprint density at radius 3 is 2.83 bits per heavy atom. The van der Waals surface area contributed by atoms with Gasteiger partial charge in [-0.2, -0.15) is 4.98 Å². The fraction of sp³-hybridized carbons (Fsp3) is 0.529. The van der Waals surface area contributed by atoms with Crippen LogP contribution >= 0.6 is 0 Å². The molecule has 2 fully saturated rings. The van der Waals surface area contributed by atoms with Crippen molar-refractivity contribution in [3.63, 3.8) is 0 Å². The Morgan fingerprint density at radius 1 is 1.26 bits per heavy atom. The van der Waals surface area contributed by atoms with Gasteiger partial charge in [-0.3, -0.25) is 4.79 Å². The summed E-state index contributed by atoms with van der Waals surface area (Å²) in [7, 11) is 0. The zero-order valence-corrected chi connectivity index (χ0v) is 13.2. The third-order valence-electron chi connectivity index (χ3n) is 4.72. The van der Waals surface area contributed by atoms with Crippen LogP contribution in [0.15, 0.2) is 22.6 Å². The molecule has 122 valence electrons. The fourth-order valence-corrected chi connectivity index (χ4v) is 3.38. The van der Waals surface area contributed by atoms with E-state index in [1.54, 1.807) is 6.07 Å². The average Bonchev–Trinajstić information content (AvgIpc) is 3.24. The molecule has 1 amide bonds. The molecular formula is C17H22N4O2. The topological polar surface area (TPSA) is 70.4 Å². The van der Waals surface area contributed by atoms with Gasteiger partial charge in [-0.25, -0.2) is 0 Å². The van der Waals surface area contributed by atoms with Crippen molar-refractivity contribution >= 4 is 23.0 Å². The number of hydrogen-bond donors (Lipinski definition) is 2. The van der Waals surface area contributed by atoms with Crippen LogP contribution in [0, 0.1) is 0 Å². The minimum atomic E-state index is -0.0149. The number of benzene rings is 1. The van der Waals surface area contributed by atoms with Gasteiger partial charge in [0, 0.05) is 37.8 Å². The molecule has 2 N–H and O–H groups in total. The Kier molecular flexibility index (Phi) is 3.91. The second-order valence-corrected chi connectivity index (χ2v) is 6.37. The summed E-state index contributed by atoms with van der Waals surface area (Å²) >= 11 is 0. The lowest BCUT2D eigenvalue weighted by molar-refractivity contribution is 0.0938. The van der Waals surface area contributed by atoms with E-state index in [1.165, 1.54) is 12.8 Å². The monoisotopic (exact) mass is 314 g/mol. The number of anilines is 1. The van der Waals surface area contributed by atoms with Crippen molar-refractivity contribution in [1.82, 2.24) is 15.6 Å². The molecule has 0 atom stereocenters. The van der Waals surface area contributed by atoms with E-state index in [0.29, 0.717) is 23.2 Å². The molecule has 0 bridgehead atoms. The standard InChI is InChI=1S/C17H22N4O2/c22-16(19-13-3-1-2-4-13)12-5-6-14-15(11-12)23-17(20-14)21-9-7-18-8-10-21/h5-6,11,13,18H,1-4,7-10H2,(H,19,22). The van der Waals surface area contributed by atoms with Crippen molar-refractivity contribution in [2.75, 3.05) is 31.1 Å². The minimum Gasteiger partial charge on any atom is -0.423 e. The molecule has 2 aromatic rings. The molecule has 1 aromatic heterocycles. The van der Waals surface area contributed by atoms with Crippen molar-refractivity contribution in [3.05, 3.63) is 23.8 Å². The highest BCUT2D eigenvalue weighted by Gasteiger charge is 2.20. The number of rotatable bonds is 3. The summed E-state index contributed by atoms with van der Waals surface area (Å²) in [5, 5.41) is 6.42. The highest BCUT2D eigenvalue weighted by Crippen LogP contribution is 2.24. The third-order valence-corrected chi connectivity index (χ3v) is 4.72. The number of oxazole rings is 1. The Hall–Kier alpha value is -2.08. The molecule has 6 heteroatoms. The smallest absolute Gasteiger partial charge is 0.298 e. The summed E-state index contributed by atoms with van der Waals surface area (Å²) in [4.78, 5) is 19.0. The molecular weight excluding hydrogens is 292 g/mol. The van der Waals surface area contributed by atoms with Crippen molar-refractivity contribution < 1.29 is 9.21 Å². The van der Waals surface area contributed by atoms with E-state index in [1.807, 2.05) is 12.1 Å². The molecule has 1 aromatic carbocycles. The molecule has 2 heterocycles. The predicted molar refractivity (Wildman–Crippen MR) is 88.8 cm³/mol. The van der Waals surface area contributed by atoms with Gasteiger partial charge in [0.2, 0.25) is 0 Å². The molecule has 2 aliphatic rings. The molecule has 23 heavy (non-hydrogen) atoms. The maximum atomic E-state index is 12.4. The quantitative estimate of drug-likeness (QED) is 0.905. The van der Waals surface area contributed by atoms with Crippen LogP contribution in [-0.2, 0) is 0 Å². The summed E-state index contributed by atoms with van der Waals surface area (Å²) in [6.45, 7) is 3.66. The molecule has 0 radical (unpaired) electrons. The molecule has 0 spiro atoms. The number of fused-ring (bicyclic) bond motifs is 1. The second-order valence-electron chi connectivity index (χ2n) is 6.37. The largest absolute Gasteiger partial charge is 0.423 e. The number of amides is 1. The minimum absolute atomic E-state index is 0.0149. The number of hydrogen-bond acceptors (Lipinski definition) is 5. The summed E-state index contributed by atoms with van der Waals surface area (Å²) in [5.74, 6) is -0.0149. The Balaban J connectivity index is 1.53. The first-order valence-corrected chi connectivity index (χ1v) is 8.47. The molecule has 4 rings (SSSR count). The molecule has 1 saturated heterocycles. The van der Waals surface area contributed by atoms with Gasteiger partial charge < -0.3 is 20.0 Å². The highest BCUT2D eigenvalue weighted by molar-refractivity contribution is 5.97. The van der Waals surface area contributed by atoms with Crippen LogP contribution < -0.4 is 15.5 Å². The van der Waals surface area contributed by atoms with Gasteiger partial charge in [0.1, 0.15) is 5.52 Å². The fourth-order valence-electron chi connectivity index (χ4n) is 3.38. The van der Waals surface area contributed by atoms with Crippen LogP contribution in [0.4, 0.5) is 6.01 Å². The molecule has 1 saturated carbocycles. The Bertz CT molecular complexity index is 700. The van der Waals surface area contributed by atoms with Gasteiger partial charge in [-0.15, -0.1) is 0 Å². The van der Waals surface area contributed by atoms with Crippen molar-refractivity contribution in [2.45, 2.75) is 31.7 Å². The Morgan fingerprint density at radius 2 is 2.04 bits per heavy atom. The maximum absolute atomic E-state index is 12.4. The number of piperazine rings is 1. The van der Waals surface area contributed by atoms with Crippen LogP contribution in [-0.4, -0.2) is 43.1 Å². The van der Waals surface area contributed by atoms with Crippen LogP contribution in [0.5, 0.6) is 0 Å². The first kappa shape index (κ1) is 14.5. The van der Waals surface area contributed by atoms with E-state index in [-0.39, 0.29) is 5.91 Å². The molecule has 0 unspecified atom stereocenters. The summed E-state index contributed by atoms with van der Waals surface area (Å²) < 4.78 is 5.88. The van der Waals surface area contributed by atoms with Crippen molar-refractivity contribution in [3.8, 4) is 0 Å². The number of carbonyl (C=O) groups excluding carboxylic acids is 1. The van der Waals surface area contributed by atoms with Crippen molar-refractivity contribution in [2.24, 2.45) is 0 Å². The van der Waals surface area contributed by atoms with Crippen molar-refractivity contribution in [1.29, 1.82) is 0 Å². The van der Waals surface area contributed by atoms with E-state index >= 15 is 0 Å². The predicted octanol–water partition coefficient (Wildman–Crippen LogP) is 1.91. The SMILES string of the molecule is O=C(NC1CCCC1)c1ccc2nc(N3CCNCC3)oc2c1. The highest BCUT2D eigenvalue weighted by atomic mass is 16.4. The van der Waals surface area contributed by atoms with Gasteiger partial charge in [-0.1, -0.05) is 12.8 Å². The van der Waals surface area contributed by atoms with E-state index in [2.05, 4.69) is 20.5 Å². The summed E-state index contributed by atoms with van der Waals surface area (Å²) in [6.07, 6.45) is 4.59. The molecule has 1 aliphatic carbocycles. The van der Waals surface area contributed by atoms with E-state index in [4.69, 9.17) is 4.42 Å². The van der Waals surface area contributed by atoms with E-state index in [0.717, 1.165) is 44.5 Å². The van der Waals surface area contributed by atoms with E-state index in [9.17, 15) is 4.79 Å². The van der Waals surface area contributed by atoms with Crippen LogP contribution in [0.25, 0.3) is 11.1 Å². The zero-order chi connectivity index (χ0) is 15.6. The molecule has 6 nitrogen and oxygen atoms in total. The lowest BCUT2D eigenvalue weighted by Crippen LogP contribution is -2.43. The van der Waals surface area contributed by atoms with Gasteiger partial charge in [0.15, 0.2) is 5.58 Å². The number of nitrogens with one attached hydrogen (secondary N) is 2. The normalized spacial score (nSPS) is 19.4. The third kappa shape index (κ3) is 3.03. The van der Waals surface area contributed by atoms with E-state index < -0.39 is 0 Å². The average molecular weight is 314 g/mol. The maximum Gasteiger partial charge on any atom is 0.298 e. The van der Waals surface area contributed by atoms with Crippen LogP contribution in [0.3, 0.4) is 0 Å². The lowest BCUT2D eigenvalue weighted by atomic mass is 10.1. The summed E-state index contributed by atoms with van der Waals surface area (Å²) in [6, 6.07) is 6.47. The van der Waals surface area contributed by atoms with Crippen LogP contribution in [0.2, 0.25) is 0 Å². The van der Waals surface area contributed by atoms with Gasteiger partial charge >= 0.3 is 0 Å². The zero-order valence-electron chi connectivity index (χ0n) is 13.2. The van der Waals surface area contributed by atoms with Gasteiger partial charge in [0.05, 0.1) is 0 Å². The van der Waals surface area contributed by atoms with Crippen LogP contribution in [0.1, 0.15) is 36.0 Å². The molecule has 1 aliphatic heterocycles. The van der Waals surface area contributed by atoms with Gasteiger partial charge in [-0.05, 0) is 31.0 Å². The lowest BCUT2D eigenvalue weighted by Gasteiger charge is -2.25. The Labute approximate surface area is 135 Å².